The van der Waals surface area contributed by atoms with E-state index in [2.05, 4.69) is 5.32 Å². The van der Waals surface area contributed by atoms with Crippen molar-refractivity contribution in [1.29, 1.82) is 0 Å². The Morgan fingerprint density at radius 1 is 1.26 bits per heavy atom. The van der Waals surface area contributed by atoms with E-state index in [0.29, 0.717) is 12.5 Å². The van der Waals surface area contributed by atoms with Crippen LogP contribution in [-0.4, -0.2) is 25.0 Å². The van der Waals surface area contributed by atoms with E-state index in [-0.39, 0.29) is 5.91 Å². The molecule has 1 saturated carbocycles. The van der Waals surface area contributed by atoms with E-state index >= 15 is 0 Å². The summed E-state index contributed by atoms with van der Waals surface area (Å²) in [6.07, 6.45) is 5.78. The smallest absolute Gasteiger partial charge is 0.228 e. The highest BCUT2D eigenvalue weighted by Gasteiger charge is 2.16. The Hall–Kier alpha value is -1.35. The van der Waals surface area contributed by atoms with Crippen LogP contribution in [0, 0.1) is 0 Å². The highest BCUT2D eigenvalue weighted by Crippen LogP contribution is 2.18. The lowest BCUT2D eigenvalue weighted by molar-refractivity contribution is -0.118. The molecular weight excluding hydrogens is 236 g/mol. The quantitative estimate of drug-likeness (QED) is 0.853. The van der Waals surface area contributed by atoms with Crippen molar-refractivity contribution in [1.82, 2.24) is 5.32 Å². The first-order valence-electron chi connectivity index (χ1n) is 7.40. The molecule has 0 heterocycles. The maximum Gasteiger partial charge on any atom is 0.228 e. The van der Waals surface area contributed by atoms with E-state index < -0.39 is 0 Å². The van der Waals surface area contributed by atoms with Gasteiger partial charge < -0.3 is 10.2 Å². The first kappa shape index (κ1) is 14.1. The molecule has 104 valence electrons. The molecule has 1 amide bonds. The molecular formula is C16H24N2O. The van der Waals surface area contributed by atoms with Crippen LogP contribution >= 0.6 is 0 Å². The van der Waals surface area contributed by atoms with E-state index in [1.165, 1.54) is 25.7 Å². The lowest BCUT2D eigenvalue weighted by Crippen LogP contribution is -2.35. The fourth-order valence-corrected chi connectivity index (χ4v) is 2.76. The number of hydrogen-bond donors (Lipinski definition) is 1. The average Bonchev–Trinajstić information content (AvgIpc) is 2.94. The van der Waals surface area contributed by atoms with E-state index in [0.717, 1.165) is 18.8 Å². The van der Waals surface area contributed by atoms with Gasteiger partial charge in [-0.1, -0.05) is 31.0 Å². The van der Waals surface area contributed by atoms with Gasteiger partial charge in [-0.05, 0) is 31.9 Å². The predicted octanol–water partition coefficient (Wildman–Crippen LogP) is 2.96. The number of nitrogens with zero attached hydrogens (tertiary/aromatic N) is 1. The van der Waals surface area contributed by atoms with Crippen molar-refractivity contribution in [3.05, 3.63) is 30.3 Å². The maximum absolute atomic E-state index is 12.2. The van der Waals surface area contributed by atoms with Gasteiger partial charge in [-0.15, -0.1) is 0 Å². The van der Waals surface area contributed by atoms with Gasteiger partial charge in [-0.25, -0.2) is 0 Å². The molecule has 0 radical (unpaired) electrons. The van der Waals surface area contributed by atoms with Gasteiger partial charge in [0.1, 0.15) is 0 Å². The molecule has 2 rings (SSSR count). The molecule has 0 unspecified atom stereocenters. The van der Waals surface area contributed by atoms with Crippen LogP contribution in [0.25, 0.3) is 0 Å². The van der Waals surface area contributed by atoms with Gasteiger partial charge in [0.05, 0.1) is 0 Å². The Kier molecular flexibility index (Phi) is 5.40. The Morgan fingerprint density at radius 3 is 2.58 bits per heavy atom. The second-order valence-corrected chi connectivity index (χ2v) is 5.16. The first-order chi connectivity index (χ1) is 9.31. The van der Waals surface area contributed by atoms with Gasteiger partial charge in [0.15, 0.2) is 0 Å². The van der Waals surface area contributed by atoms with Crippen molar-refractivity contribution in [2.24, 2.45) is 0 Å². The highest BCUT2D eigenvalue weighted by molar-refractivity contribution is 5.93. The van der Waals surface area contributed by atoms with E-state index in [9.17, 15) is 4.79 Å². The average molecular weight is 260 g/mol. The second kappa shape index (κ2) is 7.29. The number of rotatable bonds is 6. The van der Waals surface area contributed by atoms with Crippen LogP contribution in [0.15, 0.2) is 30.3 Å². The zero-order chi connectivity index (χ0) is 13.5. The van der Waals surface area contributed by atoms with Crippen molar-refractivity contribution >= 4 is 11.6 Å². The Labute approximate surface area is 116 Å². The molecule has 0 atom stereocenters. The number of carbonyl (C=O) groups excluding carboxylic acids is 1. The summed E-state index contributed by atoms with van der Waals surface area (Å²) in [5, 5.41) is 3.50. The number of benzene rings is 1. The minimum absolute atomic E-state index is 0.208. The molecule has 3 heteroatoms. The third-order valence-corrected chi connectivity index (χ3v) is 3.81. The SMILES string of the molecule is CCN(C(=O)CCNC1CCCC1)c1ccccc1. The first-order valence-corrected chi connectivity index (χ1v) is 7.40. The van der Waals surface area contributed by atoms with E-state index in [4.69, 9.17) is 0 Å². The summed E-state index contributed by atoms with van der Waals surface area (Å²) in [6, 6.07) is 10.5. The number of anilines is 1. The largest absolute Gasteiger partial charge is 0.313 e. The molecule has 0 spiro atoms. The summed E-state index contributed by atoms with van der Waals surface area (Å²) in [4.78, 5) is 14.1. The molecule has 0 aromatic heterocycles. The number of carbonyl (C=O) groups is 1. The van der Waals surface area contributed by atoms with Crippen molar-refractivity contribution < 1.29 is 4.79 Å². The van der Waals surface area contributed by atoms with Gasteiger partial charge in [0, 0.05) is 31.2 Å². The van der Waals surface area contributed by atoms with Crippen LogP contribution in [0.3, 0.4) is 0 Å². The summed E-state index contributed by atoms with van der Waals surface area (Å²) < 4.78 is 0. The fraction of sp³-hybridized carbons (Fsp3) is 0.562. The molecule has 1 N–H and O–H groups in total. The topological polar surface area (TPSA) is 32.3 Å². The molecule has 3 nitrogen and oxygen atoms in total. The van der Waals surface area contributed by atoms with Crippen molar-refractivity contribution in [2.75, 3.05) is 18.0 Å². The number of hydrogen-bond acceptors (Lipinski definition) is 2. The standard InChI is InChI=1S/C16H24N2O/c1-2-18(15-10-4-3-5-11-15)16(19)12-13-17-14-8-6-7-9-14/h3-5,10-11,14,17H,2,6-9,12-13H2,1H3. The summed E-state index contributed by atoms with van der Waals surface area (Å²) in [6.45, 7) is 3.55. The maximum atomic E-state index is 12.2. The predicted molar refractivity (Wildman–Crippen MR) is 79.3 cm³/mol. The number of para-hydroxylation sites is 1. The molecule has 1 aromatic carbocycles. The number of amides is 1. The highest BCUT2D eigenvalue weighted by atomic mass is 16.2. The third-order valence-electron chi connectivity index (χ3n) is 3.81. The summed E-state index contributed by atoms with van der Waals surface area (Å²) in [7, 11) is 0. The van der Waals surface area contributed by atoms with Crippen molar-refractivity contribution in [2.45, 2.75) is 45.1 Å². The molecule has 1 aliphatic carbocycles. The molecule has 0 aliphatic heterocycles. The zero-order valence-corrected chi connectivity index (χ0v) is 11.8. The zero-order valence-electron chi connectivity index (χ0n) is 11.8. The van der Waals surface area contributed by atoms with Crippen LogP contribution in [0.5, 0.6) is 0 Å². The van der Waals surface area contributed by atoms with Gasteiger partial charge in [0.2, 0.25) is 5.91 Å². The fourth-order valence-electron chi connectivity index (χ4n) is 2.76. The van der Waals surface area contributed by atoms with Gasteiger partial charge in [0.25, 0.3) is 0 Å². The summed E-state index contributed by atoms with van der Waals surface area (Å²) in [5.41, 5.74) is 0.996. The van der Waals surface area contributed by atoms with Crippen LogP contribution in [0.4, 0.5) is 5.69 Å². The molecule has 1 fully saturated rings. The second-order valence-electron chi connectivity index (χ2n) is 5.16. The van der Waals surface area contributed by atoms with Crippen molar-refractivity contribution in [3.8, 4) is 0 Å². The summed E-state index contributed by atoms with van der Waals surface area (Å²) >= 11 is 0. The van der Waals surface area contributed by atoms with Crippen LogP contribution in [-0.2, 0) is 4.79 Å². The molecule has 0 bridgehead atoms. The lowest BCUT2D eigenvalue weighted by Gasteiger charge is -2.21. The van der Waals surface area contributed by atoms with E-state index in [1.54, 1.807) is 0 Å². The van der Waals surface area contributed by atoms with Gasteiger partial charge >= 0.3 is 0 Å². The van der Waals surface area contributed by atoms with Crippen LogP contribution < -0.4 is 10.2 Å². The molecule has 1 aromatic rings. The van der Waals surface area contributed by atoms with Gasteiger partial charge in [-0.2, -0.15) is 0 Å². The van der Waals surface area contributed by atoms with Crippen molar-refractivity contribution in [3.63, 3.8) is 0 Å². The van der Waals surface area contributed by atoms with Crippen LogP contribution in [0.2, 0.25) is 0 Å². The van der Waals surface area contributed by atoms with Gasteiger partial charge in [-0.3, -0.25) is 4.79 Å². The Morgan fingerprint density at radius 2 is 1.95 bits per heavy atom. The molecule has 0 saturated heterocycles. The minimum Gasteiger partial charge on any atom is -0.313 e. The minimum atomic E-state index is 0.208. The van der Waals surface area contributed by atoms with E-state index in [1.807, 2.05) is 42.2 Å². The van der Waals surface area contributed by atoms with Crippen LogP contribution in [0.1, 0.15) is 39.0 Å². The lowest BCUT2D eigenvalue weighted by atomic mass is 10.2. The Bertz CT molecular complexity index is 385. The third kappa shape index (κ3) is 4.06. The number of nitrogens with one attached hydrogen (secondary N) is 1. The monoisotopic (exact) mass is 260 g/mol. The molecule has 19 heavy (non-hydrogen) atoms. The molecule has 1 aliphatic rings. The Balaban J connectivity index is 1.80. The summed E-state index contributed by atoms with van der Waals surface area (Å²) in [5.74, 6) is 0.208. The normalized spacial score (nSPS) is 15.6.